The molecule has 1 atom stereocenters. The number of halogens is 2. The highest BCUT2D eigenvalue weighted by Gasteiger charge is 2.21. The van der Waals surface area contributed by atoms with Crippen LogP contribution in [-0.2, 0) is 6.54 Å². The Balaban J connectivity index is 0.00000288. The second-order valence-corrected chi connectivity index (χ2v) is 6.66. The largest absolute Gasteiger partial charge is 0.357 e. The van der Waals surface area contributed by atoms with E-state index in [4.69, 9.17) is 16.6 Å². The zero-order chi connectivity index (χ0) is 16.7. The monoisotopic (exact) mass is 464 g/mol. The molecule has 1 N–H and O–H groups in total. The summed E-state index contributed by atoms with van der Waals surface area (Å²) in [6.45, 7) is 10.5. The van der Waals surface area contributed by atoms with Gasteiger partial charge in [0.15, 0.2) is 5.96 Å². The standard InChI is InChI=1S/C18H29ClN4.HI/c1-4-20-18(21-12-16-10-11-23(5-2)14-16)22(3)13-15-6-8-17(19)9-7-15;/h6-9,16H,4-5,10-14H2,1-3H3,(H,20,21);1H. The molecule has 6 heteroatoms. The summed E-state index contributed by atoms with van der Waals surface area (Å²) in [6.07, 6.45) is 1.26. The third kappa shape index (κ3) is 6.76. The van der Waals surface area contributed by atoms with Gasteiger partial charge in [0.25, 0.3) is 0 Å². The van der Waals surface area contributed by atoms with Gasteiger partial charge in [-0.2, -0.15) is 0 Å². The molecule has 0 radical (unpaired) electrons. The molecular weight excluding hydrogens is 435 g/mol. The van der Waals surface area contributed by atoms with Gasteiger partial charge < -0.3 is 15.1 Å². The van der Waals surface area contributed by atoms with Crippen molar-refractivity contribution in [2.75, 3.05) is 39.8 Å². The lowest BCUT2D eigenvalue weighted by Gasteiger charge is -2.23. The Kier molecular flexibility index (Phi) is 10.0. The topological polar surface area (TPSA) is 30.9 Å². The molecule has 4 nitrogen and oxygen atoms in total. The first-order valence-corrected chi connectivity index (χ1v) is 8.96. The Labute approximate surface area is 168 Å². The molecule has 1 aromatic rings. The van der Waals surface area contributed by atoms with Gasteiger partial charge in [-0.15, -0.1) is 24.0 Å². The quantitative estimate of drug-likeness (QED) is 0.396. The van der Waals surface area contributed by atoms with Crippen molar-refractivity contribution in [3.05, 3.63) is 34.9 Å². The van der Waals surface area contributed by atoms with Crippen molar-refractivity contribution < 1.29 is 0 Å². The van der Waals surface area contributed by atoms with Crippen molar-refractivity contribution >= 4 is 41.5 Å². The van der Waals surface area contributed by atoms with Crippen molar-refractivity contribution in [1.82, 2.24) is 15.1 Å². The molecule has 1 aliphatic rings. The summed E-state index contributed by atoms with van der Waals surface area (Å²) in [5.41, 5.74) is 1.24. The summed E-state index contributed by atoms with van der Waals surface area (Å²) in [5.74, 6) is 1.67. The van der Waals surface area contributed by atoms with Crippen LogP contribution >= 0.6 is 35.6 Å². The van der Waals surface area contributed by atoms with E-state index < -0.39 is 0 Å². The number of benzene rings is 1. The molecule has 0 saturated carbocycles. The van der Waals surface area contributed by atoms with Crippen LogP contribution in [0.3, 0.4) is 0 Å². The second kappa shape index (κ2) is 11.2. The highest BCUT2D eigenvalue weighted by molar-refractivity contribution is 14.0. The summed E-state index contributed by atoms with van der Waals surface area (Å²) in [4.78, 5) is 9.54. The third-order valence-corrected chi connectivity index (χ3v) is 4.60. The van der Waals surface area contributed by atoms with Gasteiger partial charge in [-0.1, -0.05) is 30.7 Å². The first kappa shape index (κ1) is 21.5. The maximum absolute atomic E-state index is 5.95. The summed E-state index contributed by atoms with van der Waals surface area (Å²) >= 11 is 5.95. The minimum absolute atomic E-state index is 0. The van der Waals surface area contributed by atoms with Crippen LogP contribution in [0.1, 0.15) is 25.8 Å². The van der Waals surface area contributed by atoms with E-state index in [-0.39, 0.29) is 24.0 Å². The molecule has 1 aromatic carbocycles. The highest BCUT2D eigenvalue weighted by atomic mass is 127. The SMILES string of the molecule is CCNC(=NCC1CCN(CC)C1)N(C)Cc1ccc(Cl)cc1.I. The minimum Gasteiger partial charge on any atom is -0.357 e. The summed E-state index contributed by atoms with van der Waals surface area (Å²) in [5, 5.41) is 4.18. The Morgan fingerprint density at radius 3 is 2.62 bits per heavy atom. The molecule has 1 fully saturated rings. The van der Waals surface area contributed by atoms with Crippen LogP contribution in [0.2, 0.25) is 5.02 Å². The first-order chi connectivity index (χ1) is 11.1. The molecule has 1 heterocycles. The van der Waals surface area contributed by atoms with Crippen molar-refractivity contribution in [3.8, 4) is 0 Å². The maximum atomic E-state index is 5.95. The Morgan fingerprint density at radius 2 is 2.04 bits per heavy atom. The highest BCUT2D eigenvalue weighted by Crippen LogP contribution is 2.16. The average Bonchev–Trinajstić information content (AvgIpc) is 3.01. The number of hydrogen-bond donors (Lipinski definition) is 1. The van der Waals surface area contributed by atoms with E-state index in [0.29, 0.717) is 5.92 Å². The van der Waals surface area contributed by atoms with Crippen molar-refractivity contribution in [2.45, 2.75) is 26.8 Å². The number of aliphatic imine (C=N–C) groups is 1. The molecule has 1 aliphatic heterocycles. The van der Waals surface area contributed by atoms with Crippen LogP contribution in [0.15, 0.2) is 29.3 Å². The number of likely N-dealkylation sites (tertiary alicyclic amines) is 1. The maximum Gasteiger partial charge on any atom is 0.193 e. The molecule has 1 saturated heterocycles. The number of nitrogens with zero attached hydrogens (tertiary/aromatic N) is 3. The molecule has 24 heavy (non-hydrogen) atoms. The van der Waals surface area contributed by atoms with Crippen molar-refractivity contribution in [3.63, 3.8) is 0 Å². The fourth-order valence-corrected chi connectivity index (χ4v) is 3.10. The molecule has 1 unspecified atom stereocenters. The van der Waals surface area contributed by atoms with Crippen molar-refractivity contribution in [1.29, 1.82) is 0 Å². The molecule has 136 valence electrons. The van der Waals surface area contributed by atoms with Crippen LogP contribution in [0.4, 0.5) is 0 Å². The lowest BCUT2D eigenvalue weighted by atomic mass is 10.1. The van der Waals surface area contributed by atoms with E-state index in [1.807, 2.05) is 12.1 Å². The normalized spacial score (nSPS) is 18.3. The zero-order valence-corrected chi connectivity index (χ0v) is 18.1. The lowest BCUT2D eigenvalue weighted by molar-refractivity contribution is 0.343. The van der Waals surface area contributed by atoms with Crippen LogP contribution in [0.5, 0.6) is 0 Å². The predicted molar refractivity (Wildman–Crippen MR) is 115 cm³/mol. The number of hydrogen-bond acceptors (Lipinski definition) is 2. The smallest absolute Gasteiger partial charge is 0.193 e. The number of guanidine groups is 1. The molecule has 0 amide bonds. The number of rotatable bonds is 6. The van der Waals surface area contributed by atoms with Gasteiger partial charge in [0.2, 0.25) is 0 Å². The van der Waals surface area contributed by atoms with E-state index in [1.54, 1.807) is 0 Å². The van der Waals surface area contributed by atoms with E-state index in [1.165, 1.54) is 25.1 Å². The lowest BCUT2D eigenvalue weighted by Crippen LogP contribution is -2.39. The van der Waals surface area contributed by atoms with Gasteiger partial charge >= 0.3 is 0 Å². The van der Waals surface area contributed by atoms with Crippen LogP contribution in [0.25, 0.3) is 0 Å². The zero-order valence-electron chi connectivity index (χ0n) is 15.0. The van der Waals surface area contributed by atoms with Crippen LogP contribution in [-0.4, -0.2) is 55.5 Å². The van der Waals surface area contributed by atoms with Gasteiger partial charge in [-0.25, -0.2) is 0 Å². The molecule has 0 bridgehead atoms. The van der Waals surface area contributed by atoms with E-state index in [9.17, 15) is 0 Å². The predicted octanol–water partition coefficient (Wildman–Crippen LogP) is 3.70. The van der Waals surface area contributed by atoms with Crippen LogP contribution in [0, 0.1) is 5.92 Å². The van der Waals surface area contributed by atoms with Gasteiger partial charge in [0.05, 0.1) is 0 Å². The first-order valence-electron chi connectivity index (χ1n) is 8.58. The Morgan fingerprint density at radius 1 is 1.33 bits per heavy atom. The summed E-state index contributed by atoms with van der Waals surface area (Å²) < 4.78 is 0. The summed E-state index contributed by atoms with van der Waals surface area (Å²) in [7, 11) is 2.09. The van der Waals surface area contributed by atoms with Gasteiger partial charge in [-0.05, 0) is 50.0 Å². The Bertz CT molecular complexity index is 506. The third-order valence-electron chi connectivity index (χ3n) is 4.35. The van der Waals surface area contributed by atoms with Gasteiger partial charge in [0.1, 0.15) is 0 Å². The fourth-order valence-electron chi connectivity index (χ4n) is 2.97. The second-order valence-electron chi connectivity index (χ2n) is 6.23. The molecule has 0 aromatic heterocycles. The van der Waals surface area contributed by atoms with Gasteiger partial charge in [0, 0.05) is 38.2 Å². The van der Waals surface area contributed by atoms with Crippen molar-refractivity contribution in [2.24, 2.45) is 10.9 Å². The van der Waals surface area contributed by atoms with E-state index >= 15 is 0 Å². The fraction of sp³-hybridized carbons (Fsp3) is 0.611. The molecule has 0 aliphatic carbocycles. The molecule has 2 rings (SSSR count). The van der Waals surface area contributed by atoms with E-state index in [2.05, 4.69) is 48.1 Å². The summed E-state index contributed by atoms with van der Waals surface area (Å²) in [6, 6.07) is 8.01. The van der Waals surface area contributed by atoms with Gasteiger partial charge in [-0.3, -0.25) is 4.99 Å². The number of nitrogens with one attached hydrogen (secondary N) is 1. The Hall–Kier alpha value is -0.530. The van der Waals surface area contributed by atoms with E-state index in [0.717, 1.165) is 37.2 Å². The molecular formula is C18H30ClIN4. The van der Waals surface area contributed by atoms with Crippen LogP contribution < -0.4 is 5.32 Å². The molecule has 0 spiro atoms. The average molecular weight is 465 g/mol. The minimum atomic E-state index is 0.